The van der Waals surface area contributed by atoms with Gasteiger partial charge in [0.25, 0.3) is 5.91 Å². The molecule has 1 rings (SSSR count). The molecule has 0 saturated heterocycles. The van der Waals surface area contributed by atoms with Crippen molar-refractivity contribution in [2.24, 2.45) is 0 Å². The number of anilines is 1. The second-order valence-corrected chi connectivity index (χ2v) is 4.52. The first-order valence-electron chi connectivity index (χ1n) is 6.40. The summed E-state index contributed by atoms with van der Waals surface area (Å²) in [5.74, 6) is -0.613. The fraction of sp³-hybridized carbons (Fsp3) is 0.429. The van der Waals surface area contributed by atoms with Gasteiger partial charge in [0.1, 0.15) is 6.04 Å². The molecule has 0 saturated carbocycles. The average Bonchev–Trinajstić information content (AvgIpc) is 2.38. The smallest absolute Gasteiger partial charge is 0.254 e. The fourth-order valence-corrected chi connectivity index (χ4v) is 1.76. The molecule has 0 aliphatic carbocycles. The molecule has 0 aliphatic heterocycles. The van der Waals surface area contributed by atoms with Gasteiger partial charge in [0.15, 0.2) is 0 Å². The Labute approximate surface area is 118 Å². The number of benzene rings is 1. The van der Waals surface area contributed by atoms with Gasteiger partial charge in [0, 0.05) is 19.3 Å². The monoisotopic (exact) mass is 279 g/mol. The third kappa shape index (κ3) is 4.24. The lowest BCUT2D eigenvalue weighted by molar-refractivity contribution is -0.122. The Balaban J connectivity index is 2.64. The number of amides is 2. The van der Waals surface area contributed by atoms with Crippen LogP contribution in [0.5, 0.6) is 0 Å². The number of aryl methyl sites for hydroxylation is 1. The Bertz CT molecular complexity index is 468. The summed E-state index contributed by atoms with van der Waals surface area (Å²) < 4.78 is 4.84. The van der Waals surface area contributed by atoms with Crippen LogP contribution in [-0.2, 0) is 9.53 Å². The molecule has 0 fully saturated rings. The van der Waals surface area contributed by atoms with Gasteiger partial charge in [-0.05, 0) is 25.5 Å². The molecule has 1 aromatic rings. The van der Waals surface area contributed by atoms with Crippen LogP contribution in [0.4, 0.5) is 5.69 Å². The van der Waals surface area contributed by atoms with Gasteiger partial charge in [0.2, 0.25) is 5.91 Å². The number of methoxy groups -OCH3 is 1. The first kappa shape index (κ1) is 16.0. The third-order valence-electron chi connectivity index (χ3n) is 2.88. The summed E-state index contributed by atoms with van der Waals surface area (Å²) in [5.41, 5.74) is 7.37. The summed E-state index contributed by atoms with van der Waals surface area (Å²) in [7, 11) is 1.55. The molecule has 0 radical (unpaired) electrons. The number of carbonyl (C=O) groups excluding carboxylic acids is 2. The summed E-state index contributed by atoms with van der Waals surface area (Å²) in [6.07, 6.45) is 0. The van der Waals surface area contributed by atoms with Gasteiger partial charge < -0.3 is 21.1 Å². The van der Waals surface area contributed by atoms with Gasteiger partial charge in [-0.1, -0.05) is 12.1 Å². The van der Waals surface area contributed by atoms with Gasteiger partial charge in [-0.2, -0.15) is 0 Å². The number of carbonyl (C=O) groups is 2. The van der Waals surface area contributed by atoms with E-state index in [2.05, 4.69) is 10.6 Å². The molecule has 2 amide bonds. The first-order valence-corrected chi connectivity index (χ1v) is 6.40. The minimum Gasteiger partial charge on any atom is -0.398 e. The lowest BCUT2D eigenvalue weighted by atomic mass is 10.1. The van der Waals surface area contributed by atoms with Gasteiger partial charge in [-0.25, -0.2) is 0 Å². The van der Waals surface area contributed by atoms with E-state index in [0.717, 1.165) is 5.56 Å². The minimum absolute atomic E-state index is 0.262. The molecule has 1 unspecified atom stereocenters. The van der Waals surface area contributed by atoms with E-state index in [1.807, 2.05) is 0 Å². The van der Waals surface area contributed by atoms with Crippen molar-refractivity contribution in [1.29, 1.82) is 0 Å². The van der Waals surface area contributed by atoms with Crippen molar-refractivity contribution in [2.75, 3.05) is 26.0 Å². The molecule has 0 heterocycles. The molecule has 0 spiro atoms. The van der Waals surface area contributed by atoms with Crippen LogP contribution in [0.3, 0.4) is 0 Å². The molecule has 1 atom stereocenters. The van der Waals surface area contributed by atoms with E-state index in [1.165, 1.54) is 0 Å². The molecule has 6 nitrogen and oxygen atoms in total. The Morgan fingerprint density at radius 3 is 2.70 bits per heavy atom. The average molecular weight is 279 g/mol. The largest absolute Gasteiger partial charge is 0.398 e. The quantitative estimate of drug-likeness (QED) is 0.521. The Kier molecular flexibility index (Phi) is 5.99. The Hall–Kier alpha value is -2.08. The molecule has 0 bridgehead atoms. The maximum Gasteiger partial charge on any atom is 0.254 e. The lowest BCUT2D eigenvalue weighted by Gasteiger charge is -2.15. The van der Waals surface area contributed by atoms with Gasteiger partial charge in [-0.15, -0.1) is 0 Å². The highest BCUT2D eigenvalue weighted by atomic mass is 16.5. The van der Waals surface area contributed by atoms with Crippen molar-refractivity contribution in [2.45, 2.75) is 19.9 Å². The number of hydrogen-bond donors (Lipinski definition) is 3. The van der Waals surface area contributed by atoms with E-state index in [4.69, 9.17) is 10.5 Å². The van der Waals surface area contributed by atoms with Crippen molar-refractivity contribution in [1.82, 2.24) is 10.6 Å². The molecule has 110 valence electrons. The van der Waals surface area contributed by atoms with Gasteiger partial charge in [-0.3, -0.25) is 9.59 Å². The maximum absolute atomic E-state index is 12.1. The summed E-state index contributed by atoms with van der Waals surface area (Å²) >= 11 is 0. The number of hydrogen-bond acceptors (Lipinski definition) is 4. The van der Waals surface area contributed by atoms with E-state index in [0.29, 0.717) is 24.4 Å². The Morgan fingerprint density at radius 2 is 2.10 bits per heavy atom. The topological polar surface area (TPSA) is 93.5 Å². The highest BCUT2D eigenvalue weighted by molar-refractivity contribution is 6.02. The molecule has 6 heteroatoms. The van der Waals surface area contributed by atoms with Crippen molar-refractivity contribution in [3.8, 4) is 0 Å². The van der Waals surface area contributed by atoms with Crippen LogP contribution < -0.4 is 16.4 Å². The molecule has 1 aromatic carbocycles. The normalized spacial score (nSPS) is 11.8. The van der Waals surface area contributed by atoms with Gasteiger partial charge >= 0.3 is 0 Å². The minimum atomic E-state index is -0.640. The van der Waals surface area contributed by atoms with E-state index < -0.39 is 6.04 Å². The van der Waals surface area contributed by atoms with Crippen molar-refractivity contribution >= 4 is 17.5 Å². The second-order valence-electron chi connectivity index (χ2n) is 4.52. The zero-order valence-electron chi connectivity index (χ0n) is 12.0. The van der Waals surface area contributed by atoms with E-state index in [1.54, 1.807) is 39.2 Å². The highest BCUT2D eigenvalue weighted by Gasteiger charge is 2.18. The van der Waals surface area contributed by atoms with Crippen molar-refractivity contribution < 1.29 is 14.3 Å². The molecule has 20 heavy (non-hydrogen) atoms. The first-order chi connectivity index (χ1) is 9.47. The zero-order chi connectivity index (χ0) is 15.1. The SMILES string of the molecule is COCCNC(=O)C(C)NC(=O)c1c(C)cccc1N. The molecule has 0 aromatic heterocycles. The number of nitrogens with two attached hydrogens (primary N) is 1. The summed E-state index contributed by atoms with van der Waals surface area (Å²) in [5, 5.41) is 5.29. The number of ether oxygens (including phenoxy) is 1. The van der Waals surface area contributed by atoms with E-state index in [-0.39, 0.29) is 11.8 Å². The van der Waals surface area contributed by atoms with E-state index in [9.17, 15) is 9.59 Å². The predicted octanol–water partition coefficient (Wildman–Crippen LogP) is 0.458. The van der Waals surface area contributed by atoms with Crippen LogP contribution in [0.1, 0.15) is 22.8 Å². The van der Waals surface area contributed by atoms with Gasteiger partial charge in [0.05, 0.1) is 12.2 Å². The van der Waals surface area contributed by atoms with Crippen molar-refractivity contribution in [3.63, 3.8) is 0 Å². The predicted molar refractivity (Wildman–Crippen MR) is 77.4 cm³/mol. The van der Waals surface area contributed by atoms with E-state index >= 15 is 0 Å². The summed E-state index contributed by atoms with van der Waals surface area (Å²) in [6.45, 7) is 4.25. The molecular formula is C14H21N3O3. The molecule has 4 N–H and O–H groups in total. The second kappa shape index (κ2) is 7.49. The lowest BCUT2D eigenvalue weighted by Crippen LogP contribution is -2.45. The molecule has 0 aliphatic rings. The van der Waals surface area contributed by atoms with Crippen LogP contribution in [0, 0.1) is 6.92 Å². The van der Waals surface area contributed by atoms with Crippen LogP contribution in [0.2, 0.25) is 0 Å². The number of nitrogen functional groups attached to an aromatic ring is 1. The highest BCUT2D eigenvalue weighted by Crippen LogP contribution is 2.15. The van der Waals surface area contributed by atoms with Crippen LogP contribution >= 0.6 is 0 Å². The third-order valence-corrected chi connectivity index (χ3v) is 2.88. The van der Waals surface area contributed by atoms with Crippen LogP contribution in [-0.4, -0.2) is 38.1 Å². The van der Waals surface area contributed by atoms with Crippen LogP contribution in [0.15, 0.2) is 18.2 Å². The van der Waals surface area contributed by atoms with Crippen molar-refractivity contribution in [3.05, 3.63) is 29.3 Å². The fourth-order valence-electron chi connectivity index (χ4n) is 1.76. The zero-order valence-corrected chi connectivity index (χ0v) is 12.0. The number of rotatable bonds is 6. The number of nitrogens with one attached hydrogen (secondary N) is 2. The maximum atomic E-state index is 12.1. The standard InChI is InChI=1S/C14H21N3O3/c1-9-5-4-6-11(15)12(9)14(19)17-10(2)13(18)16-7-8-20-3/h4-6,10H,7-8,15H2,1-3H3,(H,16,18)(H,17,19). The van der Waals surface area contributed by atoms with Crippen LogP contribution in [0.25, 0.3) is 0 Å². The summed E-state index contributed by atoms with van der Waals surface area (Å²) in [4.78, 5) is 23.9. The molecular weight excluding hydrogens is 258 g/mol. The summed E-state index contributed by atoms with van der Waals surface area (Å²) in [6, 6.07) is 4.60. The Morgan fingerprint density at radius 1 is 1.40 bits per heavy atom.